The third-order valence-corrected chi connectivity index (χ3v) is 8.62. The van der Waals surface area contributed by atoms with Gasteiger partial charge in [-0.3, -0.25) is 9.69 Å². The van der Waals surface area contributed by atoms with Crippen molar-refractivity contribution in [2.75, 3.05) is 52.4 Å². The molecule has 0 aromatic heterocycles. The molecule has 8 nitrogen and oxygen atoms in total. The summed E-state index contributed by atoms with van der Waals surface area (Å²) in [5.74, 6) is 0.462. The minimum absolute atomic E-state index is 0.109. The molecule has 1 aromatic carbocycles. The van der Waals surface area contributed by atoms with Crippen molar-refractivity contribution < 1.29 is 22.7 Å². The van der Waals surface area contributed by atoms with Crippen LogP contribution in [0, 0.1) is 11.8 Å². The van der Waals surface area contributed by atoms with Gasteiger partial charge >= 0.3 is 5.97 Å². The Bertz CT molecular complexity index is 913. The molecule has 0 N–H and O–H groups in total. The SMILES string of the molecule is CCOC(=O)c1ccc(S(=O)(=O)N2CCC(C(=O)N3CCN(CC4CC4)CC3)CC2)cc1. The number of rotatable bonds is 7. The van der Waals surface area contributed by atoms with Crippen molar-refractivity contribution in [3.05, 3.63) is 29.8 Å². The van der Waals surface area contributed by atoms with Crippen LogP contribution in [-0.4, -0.2) is 86.8 Å². The summed E-state index contributed by atoms with van der Waals surface area (Å²) in [5, 5.41) is 0. The summed E-state index contributed by atoms with van der Waals surface area (Å²) in [6.45, 7) is 7.25. The summed E-state index contributed by atoms with van der Waals surface area (Å²) in [6.07, 6.45) is 3.77. The van der Waals surface area contributed by atoms with Crippen LogP contribution in [0.2, 0.25) is 0 Å². The number of esters is 1. The van der Waals surface area contributed by atoms with Gasteiger partial charge in [-0.1, -0.05) is 0 Å². The zero-order chi connectivity index (χ0) is 22.7. The second-order valence-corrected chi connectivity index (χ2v) is 10.9. The zero-order valence-corrected chi connectivity index (χ0v) is 19.6. The maximum Gasteiger partial charge on any atom is 0.338 e. The maximum absolute atomic E-state index is 13.0. The maximum atomic E-state index is 13.0. The van der Waals surface area contributed by atoms with Crippen LogP contribution in [0.4, 0.5) is 0 Å². The van der Waals surface area contributed by atoms with Crippen molar-refractivity contribution in [1.82, 2.24) is 14.1 Å². The Kier molecular flexibility index (Phi) is 7.17. The van der Waals surface area contributed by atoms with Gasteiger partial charge in [0, 0.05) is 51.7 Å². The molecule has 2 heterocycles. The van der Waals surface area contributed by atoms with Crippen LogP contribution in [0.15, 0.2) is 29.2 Å². The van der Waals surface area contributed by atoms with Gasteiger partial charge in [-0.25, -0.2) is 13.2 Å². The zero-order valence-electron chi connectivity index (χ0n) is 18.7. The fourth-order valence-electron chi connectivity index (χ4n) is 4.54. The van der Waals surface area contributed by atoms with Crippen molar-refractivity contribution in [2.24, 2.45) is 11.8 Å². The molecule has 176 valence electrons. The molecule has 3 fully saturated rings. The lowest BCUT2D eigenvalue weighted by molar-refractivity contribution is -0.138. The number of amides is 1. The third kappa shape index (κ3) is 5.32. The Morgan fingerprint density at radius 3 is 2.12 bits per heavy atom. The molecule has 9 heteroatoms. The number of hydrogen-bond acceptors (Lipinski definition) is 6. The van der Waals surface area contributed by atoms with E-state index in [9.17, 15) is 18.0 Å². The first-order valence-corrected chi connectivity index (χ1v) is 13.1. The second kappa shape index (κ2) is 9.89. The predicted molar refractivity (Wildman–Crippen MR) is 120 cm³/mol. The molecule has 1 amide bonds. The summed E-state index contributed by atoms with van der Waals surface area (Å²) in [6, 6.07) is 5.84. The molecule has 1 aromatic rings. The minimum Gasteiger partial charge on any atom is -0.462 e. The van der Waals surface area contributed by atoms with Gasteiger partial charge in [-0.2, -0.15) is 4.31 Å². The molecular weight excluding hydrogens is 430 g/mol. The largest absolute Gasteiger partial charge is 0.462 e. The molecule has 2 saturated heterocycles. The number of piperidine rings is 1. The van der Waals surface area contributed by atoms with Crippen molar-refractivity contribution in [3.63, 3.8) is 0 Å². The fourth-order valence-corrected chi connectivity index (χ4v) is 6.01. The average molecular weight is 464 g/mol. The Labute approximate surface area is 190 Å². The van der Waals surface area contributed by atoms with Crippen LogP contribution in [0.5, 0.6) is 0 Å². The molecular formula is C23H33N3O5S. The van der Waals surface area contributed by atoms with Crippen LogP contribution in [0.1, 0.15) is 43.0 Å². The van der Waals surface area contributed by atoms with E-state index in [1.165, 1.54) is 48.0 Å². The molecule has 3 aliphatic rings. The number of hydrogen-bond donors (Lipinski definition) is 0. The van der Waals surface area contributed by atoms with Crippen molar-refractivity contribution in [3.8, 4) is 0 Å². The van der Waals surface area contributed by atoms with Crippen LogP contribution >= 0.6 is 0 Å². The fraction of sp³-hybridized carbons (Fsp3) is 0.652. The Hall–Kier alpha value is -1.97. The van der Waals surface area contributed by atoms with Gasteiger partial charge in [0.05, 0.1) is 17.1 Å². The van der Waals surface area contributed by atoms with E-state index in [-0.39, 0.29) is 23.3 Å². The highest BCUT2D eigenvalue weighted by Crippen LogP contribution is 2.30. The normalized spacial score (nSPS) is 21.5. The highest BCUT2D eigenvalue weighted by Gasteiger charge is 2.35. The Morgan fingerprint density at radius 2 is 1.56 bits per heavy atom. The number of nitrogens with zero attached hydrogens (tertiary/aromatic N) is 3. The lowest BCUT2D eigenvalue weighted by Gasteiger charge is -2.38. The first-order valence-electron chi connectivity index (χ1n) is 11.7. The van der Waals surface area contributed by atoms with E-state index < -0.39 is 16.0 Å². The summed E-state index contributed by atoms with van der Waals surface area (Å²) < 4.78 is 32.4. The lowest BCUT2D eigenvalue weighted by Crippen LogP contribution is -2.52. The first-order chi connectivity index (χ1) is 15.4. The second-order valence-electron chi connectivity index (χ2n) is 8.99. The average Bonchev–Trinajstić information content (AvgIpc) is 3.63. The summed E-state index contributed by atoms with van der Waals surface area (Å²) in [4.78, 5) is 29.3. The van der Waals surface area contributed by atoms with E-state index in [1.807, 2.05) is 4.90 Å². The quantitative estimate of drug-likeness (QED) is 0.574. The van der Waals surface area contributed by atoms with E-state index in [0.717, 1.165) is 32.1 Å². The number of piperazine rings is 1. The summed E-state index contributed by atoms with van der Waals surface area (Å²) in [7, 11) is -3.65. The highest BCUT2D eigenvalue weighted by atomic mass is 32.2. The number of benzene rings is 1. The number of carbonyl (C=O) groups is 2. The van der Waals surface area contributed by atoms with Gasteiger partial charge in [0.2, 0.25) is 15.9 Å². The van der Waals surface area contributed by atoms with Crippen LogP contribution in [-0.2, 0) is 19.6 Å². The number of carbonyl (C=O) groups excluding carboxylic acids is 2. The smallest absolute Gasteiger partial charge is 0.338 e. The van der Waals surface area contributed by atoms with Crippen LogP contribution < -0.4 is 0 Å². The first kappa shape index (κ1) is 23.2. The van der Waals surface area contributed by atoms with Gasteiger partial charge in [-0.05, 0) is 62.8 Å². The van der Waals surface area contributed by atoms with Crippen LogP contribution in [0.25, 0.3) is 0 Å². The van der Waals surface area contributed by atoms with Gasteiger partial charge in [0.1, 0.15) is 0 Å². The van der Waals surface area contributed by atoms with E-state index >= 15 is 0 Å². The molecule has 1 aliphatic carbocycles. The number of sulfonamides is 1. The molecule has 0 atom stereocenters. The summed E-state index contributed by atoms with van der Waals surface area (Å²) >= 11 is 0. The minimum atomic E-state index is -3.65. The van der Waals surface area contributed by atoms with Gasteiger partial charge in [0.25, 0.3) is 0 Å². The van der Waals surface area contributed by atoms with E-state index in [2.05, 4.69) is 4.90 Å². The molecule has 0 radical (unpaired) electrons. The third-order valence-electron chi connectivity index (χ3n) is 6.70. The molecule has 0 spiro atoms. The molecule has 0 unspecified atom stereocenters. The predicted octanol–water partition coefficient (Wildman–Crippen LogP) is 1.82. The van der Waals surface area contributed by atoms with E-state index in [0.29, 0.717) is 31.5 Å². The summed E-state index contributed by atoms with van der Waals surface area (Å²) in [5.41, 5.74) is 0.326. The van der Waals surface area contributed by atoms with Crippen molar-refractivity contribution >= 4 is 21.9 Å². The van der Waals surface area contributed by atoms with E-state index in [1.54, 1.807) is 6.92 Å². The Balaban J connectivity index is 1.28. The lowest BCUT2D eigenvalue weighted by atomic mass is 9.96. The standard InChI is InChI=1S/C23H33N3O5S/c1-2-31-23(28)20-5-7-21(8-6-20)32(29,30)26-11-9-19(10-12-26)22(27)25-15-13-24(14-16-25)17-18-3-4-18/h5-8,18-19H,2-4,9-17H2,1H3. The van der Waals surface area contributed by atoms with Gasteiger partial charge < -0.3 is 9.64 Å². The van der Waals surface area contributed by atoms with Gasteiger partial charge in [0.15, 0.2) is 0 Å². The Morgan fingerprint density at radius 1 is 0.938 bits per heavy atom. The van der Waals surface area contributed by atoms with Crippen LogP contribution in [0.3, 0.4) is 0 Å². The monoisotopic (exact) mass is 463 g/mol. The molecule has 0 bridgehead atoms. The molecule has 1 saturated carbocycles. The van der Waals surface area contributed by atoms with Crippen molar-refractivity contribution in [1.29, 1.82) is 0 Å². The van der Waals surface area contributed by atoms with Gasteiger partial charge in [-0.15, -0.1) is 0 Å². The molecule has 4 rings (SSSR count). The molecule has 2 aliphatic heterocycles. The number of ether oxygens (including phenoxy) is 1. The topological polar surface area (TPSA) is 87.2 Å². The highest BCUT2D eigenvalue weighted by molar-refractivity contribution is 7.89. The van der Waals surface area contributed by atoms with Crippen molar-refractivity contribution in [2.45, 2.75) is 37.5 Å². The molecule has 32 heavy (non-hydrogen) atoms. The van der Waals surface area contributed by atoms with E-state index in [4.69, 9.17) is 4.74 Å².